The van der Waals surface area contributed by atoms with Crippen molar-refractivity contribution >= 4 is 17.5 Å². The SMILES string of the molecule is C[NH+](CC(=O)NCc1ccccc1F)Cc1cccc(Cl)c1. The van der Waals surface area contributed by atoms with Gasteiger partial charge in [0.25, 0.3) is 5.91 Å². The van der Waals surface area contributed by atoms with Crippen molar-refractivity contribution in [1.29, 1.82) is 0 Å². The zero-order chi connectivity index (χ0) is 15.9. The van der Waals surface area contributed by atoms with E-state index in [1.165, 1.54) is 6.07 Å². The summed E-state index contributed by atoms with van der Waals surface area (Å²) < 4.78 is 13.5. The number of likely N-dealkylation sites (N-methyl/N-ethyl adjacent to an activating group) is 1. The molecule has 2 aromatic rings. The molecule has 116 valence electrons. The van der Waals surface area contributed by atoms with Gasteiger partial charge in [0.05, 0.1) is 7.05 Å². The average Bonchev–Trinajstić information content (AvgIpc) is 2.46. The summed E-state index contributed by atoms with van der Waals surface area (Å²) in [6.07, 6.45) is 0. The lowest BCUT2D eigenvalue weighted by atomic mass is 10.2. The van der Waals surface area contributed by atoms with Crippen molar-refractivity contribution in [3.63, 3.8) is 0 Å². The first-order valence-corrected chi connectivity index (χ1v) is 7.48. The first-order valence-electron chi connectivity index (χ1n) is 7.10. The van der Waals surface area contributed by atoms with Crippen LogP contribution in [0.25, 0.3) is 0 Å². The molecule has 2 rings (SSSR count). The number of hydrogen-bond acceptors (Lipinski definition) is 1. The lowest BCUT2D eigenvalue weighted by Crippen LogP contribution is -3.08. The van der Waals surface area contributed by atoms with Crippen molar-refractivity contribution in [3.05, 3.63) is 70.5 Å². The minimum absolute atomic E-state index is 0.109. The number of benzene rings is 2. The van der Waals surface area contributed by atoms with Crippen LogP contribution >= 0.6 is 11.6 Å². The highest BCUT2D eigenvalue weighted by atomic mass is 35.5. The van der Waals surface area contributed by atoms with Gasteiger partial charge in [0, 0.05) is 22.7 Å². The summed E-state index contributed by atoms with van der Waals surface area (Å²) in [5.41, 5.74) is 1.57. The van der Waals surface area contributed by atoms with Crippen molar-refractivity contribution in [1.82, 2.24) is 5.32 Å². The molecule has 0 fully saturated rings. The van der Waals surface area contributed by atoms with Gasteiger partial charge in [0.15, 0.2) is 6.54 Å². The molecule has 0 aliphatic rings. The van der Waals surface area contributed by atoms with Crippen molar-refractivity contribution in [3.8, 4) is 0 Å². The Labute approximate surface area is 134 Å². The van der Waals surface area contributed by atoms with Gasteiger partial charge >= 0.3 is 0 Å². The summed E-state index contributed by atoms with van der Waals surface area (Å²) in [5, 5.41) is 3.43. The second-order valence-electron chi connectivity index (χ2n) is 5.31. The number of rotatable bonds is 6. The maximum atomic E-state index is 13.5. The quantitative estimate of drug-likeness (QED) is 0.836. The third kappa shape index (κ3) is 5.13. The zero-order valence-electron chi connectivity index (χ0n) is 12.4. The van der Waals surface area contributed by atoms with Crippen LogP contribution in [-0.2, 0) is 17.9 Å². The van der Waals surface area contributed by atoms with E-state index in [1.54, 1.807) is 18.2 Å². The lowest BCUT2D eigenvalue weighted by Gasteiger charge is -2.14. The van der Waals surface area contributed by atoms with E-state index in [1.807, 2.05) is 31.3 Å². The molecule has 22 heavy (non-hydrogen) atoms. The van der Waals surface area contributed by atoms with E-state index in [4.69, 9.17) is 11.6 Å². The summed E-state index contributed by atoms with van der Waals surface area (Å²) in [7, 11) is 1.93. The molecule has 0 heterocycles. The molecule has 2 aromatic carbocycles. The molecule has 0 saturated carbocycles. The van der Waals surface area contributed by atoms with E-state index in [9.17, 15) is 9.18 Å². The molecule has 1 amide bonds. The van der Waals surface area contributed by atoms with E-state index in [0.717, 1.165) is 10.5 Å². The first kappa shape index (κ1) is 16.5. The number of nitrogens with one attached hydrogen (secondary N) is 2. The molecule has 0 aliphatic carbocycles. The van der Waals surface area contributed by atoms with Crippen LogP contribution in [0.1, 0.15) is 11.1 Å². The van der Waals surface area contributed by atoms with Crippen LogP contribution in [-0.4, -0.2) is 19.5 Å². The Morgan fingerprint density at radius 1 is 1.23 bits per heavy atom. The molecule has 1 atom stereocenters. The van der Waals surface area contributed by atoms with E-state index in [0.29, 0.717) is 23.7 Å². The van der Waals surface area contributed by atoms with E-state index in [2.05, 4.69) is 5.32 Å². The number of carbonyl (C=O) groups excluding carboxylic acids is 1. The normalized spacial score (nSPS) is 12.0. The Morgan fingerprint density at radius 3 is 2.73 bits per heavy atom. The predicted octanol–water partition coefficient (Wildman–Crippen LogP) is 1.81. The van der Waals surface area contributed by atoms with Crippen molar-refractivity contribution in [2.75, 3.05) is 13.6 Å². The van der Waals surface area contributed by atoms with Crippen molar-refractivity contribution in [2.45, 2.75) is 13.1 Å². The fourth-order valence-electron chi connectivity index (χ4n) is 2.23. The summed E-state index contributed by atoms with van der Waals surface area (Å²) in [4.78, 5) is 13.0. The van der Waals surface area contributed by atoms with Gasteiger partial charge < -0.3 is 10.2 Å². The molecule has 0 spiro atoms. The number of halogens is 2. The van der Waals surface area contributed by atoms with Crippen molar-refractivity contribution < 1.29 is 14.1 Å². The summed E-state index contributed by atoms with van der Waals surface area (Å²) in [6, 6.07) is 14.0. The molecule has 3 nitrogen and oxygen atoms in total. The molecular formula is C17H19ClFN2O+. The van der Waals surface area contributed by atoms with Crippen LogP contribution in [0.5, 0.6) is 0 Å². The summed E-state index contributed by atoms with van der Waals surface area (Å²) in [5.74, 6) is -0.412. The Kier molecular flexibility index (Phi) is 5.92. The number of amides is 1. The number of quaternary nitrogens is 1. The highest BCUT2D eigenvalue weighted by Gasteiger charge is 2.11. The molecule has 0 aliphatic heterocycles. The van der Waals surface area contributed by atoms with Gasteiger partial charge in [-0.25, -0.2) is 4.39 Å². The standard InChI is InChI=1S/C17H18ClFN2O/c1-21(11-13-5-4-7-15(18)9-13)12-17(22)20-10-14-6-2-3-8-16(14)19/h2-9H,10-12H2,1H3,(H,20,22)/p+1. The van der Waals surface area contributed by atoms with Gasteiger partial charge in [-0.1, -0.05) is 41.9 Å². The highest BCUT2D eigenvalue weighted by Crippen LogP contribution is 2.09. The van der Waals surface area contributed by atoms with Crippen molar-refractivity contribution in [2.24, 2.45) is 0 Å². The third-order valence-electron chi connectivity index (χ3n) is 3.29. The molecule has 2 N–H and O–H groups in total. The largest absolute Gasteiger partial charge is 0.347 e. The van der Waals surface area contributed by atoms with Crippen LogP contribution in [0, 0.1) is 5.82 Å². The number of hydrogen-bond donors (Lipinski definition) is 2. The van der Waals surface area contributed by atoms with Crippen LogP contribution < -0.4 is 10.2 Å². The molecular weight excluding hydrogens is 303 g/mol. The summed E-state index contributed by atoms with van der Waals surface area (Å²) >= 11 is 5.94. The molecule has 1 unspecified atom stereocenters. The molecule has 5 heteroatoms. The van der Waals surface area contributed by atoms with Gasteiger partial charge in [-0.15, -0.1) is 0 Å². The Balaban J connectivity index is 1.80. The Hall–Kier alpha value is -1.91. The van der Waals surface area contributed by atoms with Gasteiger partial charge in [-0.05, 0) is 18.2 Å². The first-order chi connectivity index (χ1) is 10.5. The average molecular weight is 322 g/mol. The minimum Gasteiger partial charge on any atom is -0.347 e. The van der Waals surface area contributed by atoms with Gasteiger partial charge in [-0.2, -0.15) is 0 Å². The highest BCUT2D eigenvalue weighted by molar-refractivity contribution is 6.30. The van der Waals surface area contributed by atoms with Crippen LogP contribution in [0.4, 0.5) is 4.39 Å². The van der Waals surface area contributed by atoms with E-state index < -0.39 is 0 Å². The molecule has 0 saturated heterocycles. The van der Waals surface area contributed by atoms with Gasteiger partial charge in [0.2, 0.25) is 0 Å². The maximum absolute atomic E-state index is 13.5. The molecule has 0 aromatic heterocycles. The van der Waals surface area contributed by atoms with Crippen LogP contribution in [0.2, 0.25) is 5.02 Å². The van der Waals surface area contributed by atoms with Gasteiger partial charge in [-0.3, -0.25) is 4.79 Å². The van der Waals surface area contributed by atoms with Gasteiger partial charge in [0.1, 0.15) is 12.4 Å². The molecule has 0 bridgehead atoms. The van der Waals surface area contributed by atoms with Crippen LogP contribution in [0.3, 0.4) is 0 Å². The van der Waals surface area contributed by atoms with Crippen LogP contribution in [0.15, 0.2) is 48.5 Å². The number of carbonyl (C=O) groups is 1. The minimum atomic E-state index is -0.303. The fraction of sp³-hybridized carbons (Fsp3) is 0.235. The zero-order valence-corrected chi connectivity index (χ0v) is 13.2. The predicted molar refractivity (Wildman–Crippen MR) is 85.2 cm³/mol. The Morgan fingerprint density at radius 2 is 2.00 bits per heavy atom. The van der Waals surface area contributed by atoms with E-state index in [-0.39, 0.29) is 18.3 Å². The maximum Gasteiger partial charge on any atom is 0.275 e. The Bertz CT molecular complexity index is 648. The topological polar surface area (TPSA) is 33.5 Å². The molecule has 0 radical (unpaired) electrons. The second-order valence-corrected chi connectivity index (χ2v) is 5.75. The third-order valence-corrected chi connectivity index (χ3v) is 3.53. The monoisotopic (exact) mass is 321 g/mol. The van der Waals surface area contributed by atoms with E-state index >= 15 is 0 Å². The fourth-order valence-corrected chi connectivity index (χ4v) is 2.44. The summed E-state index contributed by atoms with van der Waals surface area (Å²) in [6.45, 7) is 1.23. The lowest BCUT2D eigenvalue weighted by molar-refractivity contribution is -0.885. The smallest absolute Gasteiger partial charge is 0.275 e. The second kappa shape index (κ2) is 7.92.